The van der Waals surface area contributed by atoms with Crippen molar-refractivity contribution in [1.29, 1.82) is 0 Å². The lowest BCUT2D eigenvalue weighted by molar-refractivity contribution is 0.171. The minimum absolute atomic E-state index is 0.346. The molecule has 0 saturated carbocycles. The molecule has 4 rings (SSSR count). The molecule has 25 heavy (non-hydrogen) atoms. The molecule has 0 N–H and O–H groups in total. The van der Waals surface area contributed by atoms with Gasteiger partial charge < -0.3 is 18.6 Å². The highest BCUT2D eigenvalue weighted by atomic mass is 79.9. The lowest BCUT2D eigenvalue weighted by Gasteiger charge is -2.20. The van der Waals surface area contributed by atoms with Crippen LogP contribution in [0.1, 0.15) is 11.1 Å². The second kappa shape index (κ2) is 6.44. The Kier molecular flexibility index (Phi) is 4.13. The van der Waals surface area contributed by atoms with Crippen LogP contribution in [0.25, 0.3) is 11.0 Å². The average Bonchev–Trinajstić information content (AvgIpc) is 2.59. The van der Waals surface area contributed by atoms with Crippen molar-refractivity contribution >= 4 is 26.9 Å². The number of ether oxygens (including phenoxy) is 3. The third-order valence-electron chi connectivity index (χ3n) is 4.03. The zero-order valence-electron chi connectivity index (χ0n) is 13.5. The Morgan fingerprint density at radius 3 is 2.64 bits per heavy atom. The van der Waals surface area contributed by atoms with E-state index in [4.69, 9.17) is 18.6 Å². The Morgan fingerprint density at radius 1 is 1.08 bits per heavy atom. The van der Waals surface area contributed by atoms with Gasteiger partial charge in [0, 0.05) is 27.6 Å². The van der Waals surface area contributed by atoms with Gasteiger partial charge >= 0.3 is 5.63 Å². The van der Waals surface area contributed by atoms with Crippen LogP contribution in [0.4, 0.5) is 0 Å². The molecule has 0 spiro atoms. The maximum Gasteiger partial charge on any atom is 0.336 e. The van der Waals surface area contributed by atoms with Crippen molar-refractivity contribution in [2.24, 2.45) is 0 Å². The molecule has 1 aliphatic rings. The second-order valence-electron chi connectivity index (χ2n) is 5.78. The fourth-order valence-corrected chi connectivity index (χ4v) is 3.21. The summed E-state index contributed by atoms with van der Waals surface area (Å²) in [6, 6.07) is 10.8. The van der Waals surface area contributed by atoms with Gasteiger partial charge in [-0.25, -0.2) is 4.79 Å². The van der Waals surface area contributed by atoms with Gasteiger partial charge in [-0.05, 0) is 36.8 Å². The molecule has 0 unspecified atom stereocenters. The Hall–Kier alpha value is -2.47. The van der Waals surface area contributed by atoms with E-state index in [0.717, 1.165) is 26.7 Å². The lowest BCUT2D eigenvalue weighted by Crippen LogP contribution is -2.15. The van der Waals surface area contributed by atoms with Gasteiger partial charge in [0.05, 0.1) is 0 Å². The minimum Gasteiger partial charge on any atom is -0.489 e. The van der Waals surface area contributed by atoms with E-state index in [-0.39, 0.29) is 5.63 Å². The highest BCUT2D eigenvalue weighted by molar-refractivity contribution is 9.10. The molecule has 0 aliphatic carbocycles. The first-order valence-electron chi connectivity index (χ1n) is 7.85. The summed E-state index contributed by atoms with van der Waals surface area (Å²) >= 11 is 3.53. The molecule has 2 heterocycles. The fraction of sp³-hybridized carbons (Fsp3) is 0.211. The summed E-state index contributed by atoms with van der Waals surface area (Å²) in [5.74, 6) is 2.07. The fourth-order valence-electron chi connectivity index (χ4n) is 2.77. The topological polar surface area (TPSA) is 57.9 Å². The van der Waals surface area contributed by atoms with Crippen LogP contribution in [0.3, 0.4) is 0 Å². The van der Waals surface area contributed by atoms with E-state index in [2.05, 4.69) is 15.9 Å². The van der Waals surface area contributed by atoms with Crippen molar-refractivity contribution in [3.63, 3.8) is 0 Å². The highest BCUT2D eigenvalue weighted by Gasteiger charge is 2.15. The monoisotopic (exact) mass is 402 g/mol. The molecular weight excluding hydrogens is 388 g/mol. The van der Waals surface area contributed by atoms with Crippen LogP contribution in [0.15, 0.2) is 50.1 Å². The maximum absolute atomic E-state index is 11.5. The summed E-state index contributed by atoms with van der Waals surface area (Å²) in [6.45, 7) is 3.32. The highest BCUT2D eigenvalue weighted by Crippen LogP contribution is 2.36. The Balaban J connectivity index is 1.59. The third-order valence-corrected chi connectivity index (χ3v) is 4.77. The second-order valence-corrected chi connectivity index (χ2v) is 6.64. The van der Waals surface area contributed by atoms with Crippen molar-refractivity contribution in [3.05, 3.63) is 62.4 Å². The van der Waals surface area contributed by atoms with Crippen LogP contribution < -0.4 is 19.8 Å². The zero-order valence-corrected chi connectivity index (χ0v) is 15.1. The number of fused-ring (bicyclic) bond motifs is 2. The van der Waals surface area contributed by atoms with Crippen molar-refractivity contribution in [2.45, 2.75) is 13.5 Å². The molecule has 0 saturated heterocycles. The van der Waals surface area contributed by atoms with E-state index < -0.39 is 0 Å². The predicted octanol–water partition coefficient (Wildman–Crippen LogP) is 4.21. The molecule has 0 bridgehead atoms. The summed E-state index contributed by atoms with van der Waals surface area (Å²) in [4.78, 5) is 11.5. The summed E-state index contributed by atoms with van der Waals surface area (Å²) in [5.41, 5.74) is 1.97. The molecule has 6 heteroatoms. The normalized spacial score (nSPS) is 13.0. The van der Waals surface area contributed by atoms with E-state index >= 15 is 0 Å². The summed E-state index contributed by atoms with van der Waals surface area (Å²) in [5, 5.41) is 0.896. The number of hydrogen-bond donors (Lipinski definition) is 0. The summed E-state index contributed by atoms with van der Waals surface area (Å²) in [7, 11) is 0. The van der Waals surface area contributed by atoms with Crippen molar-refractivity contribution in [3.8, 4) is 17.2 Å². The van der Waals surface area contributed by atoms with Gasteiger partial charge in [-0.15, -0.1) is 0 Å². The van der Waals surface area contributed by atoms with Gasteiger partial charge in [0.15, 0.2) is 11.5 Å². The van der Waals surface area contributed by atoms with E-state index in [0.29, 0.717) is 36.9 Å². The molecule has 1 aliphatic heterocycles. The molecule has 0 atom stereocenters. The van der Waals surface area contributed by atoms with E-state index in [1.807, 2.05) is 31.2 Å². The first-order valence-corrected chi connectivity index (χ1v) is 8.65. The van der Waals surface area contributed by atoms with E-state index in [1.165, 1.54) is 6.07 Å². The van der Waals surface area contributed by atoms with Crippen LogP contribution in [0.2, 0.25) is 0 Å². The summed E-state index contributed by atoms with van der Waals surface area (Å²) < 4.78 is 23.2. The lowest BCUT2D eigenvalue weighted by atomic mass is 10.1. The van der Waals surface area contributed by atoms with Crippen LogP contribution in [0, 0.1) is 6.92 Å². The van der Waals surface area contributed by atoms with Crippen LogP contribution in [-0.2, 0) is 6.61 Å². The van der Waals surface area contributed by atoms with Crippen molar-refractivity contribution in [2.75, 3.05) is 13.2 Å². The van der Waals surface area contributed by atoms with Crippen LogP contribution in [0.5, 0.6) is 17.2 Å². The van der Waals surface area contributed by atoms with Gasteiger partial charge in [-0.2, -0.15) is 0 Å². The molecule has 0 radical (unpaired) electrons. The molecule has 3 aromatic rings. The van der Waals surface area contributed by atoms with Crippen molar-refractivity contribution in [1.82, 2.24) is 0 Å². The Bertz CT molecular complexity index is 1010. The third kappa shape index (κ3) is 3.22. The van der Waals surface area contributed by atoms with Gasteiger partial charge in [0.1, 0.15) is 31.2 Å². The van der Waals surface area contributed by atoms with Gasteiger partial charge in [-0.3, -0.25) is 0 Å². The van der Waals surface area contributed by atoms with Gasteiger partial charge in [0.2, 0.25) is 0 Å². The van der Waals surface area contributed by atoms with Gasteiger partial charge in [-0.1, -0.05) is 15.9 Å². The number of benzene rings is 2. The largest absolute Gasteiger partial charge is 0.489 e. The zero-order chi connectivity index (χ0) is 17.4. The number of rotatable bonds is 3. The van der Waals surface area contributed by atoms with Crippen LogP contribution >= 0.6 is 15.9 Å². The smallest absolute Gasteiger partial charge is 0.336 e. The molecule has 1 aromatic heterocycles. The quantitative estimate of drug-likeness (QED) is 0.614. The SMILES string of the molecule is Cc1cc(=O)oc2cc(OCc3cc4c(cc3Br)OCCO4)ccc12. The standard InChI is InChI=1S/C19H15BrO5/c1-11-6-19(21)25-16-8-13(2-3-14(11)16)24-10-12-7-17-18(9-15(12)20)23-5-4-22-17/h2-3,6-9H,4-5,10H2,1H3. The molecule has 128 valence electrons. The molecule has 2 aromatic carbocycles. The van der Waals surface area contributed by atoms with E-state index in [9.17, 15) is 4.79 Å². The summed E-state index contributed by atoms with van der Waals surface area (Å²) in [6.07, 6.45) is 0. The number of hydrogen-bond acceptors (Lipinski definition) is 5. The minimum atomic E-state index is -0.364. The van der Waals surface area contributed by atoms with Gasteiger partial charge in [0.25, 0.3) is 0 Å². The predicted molar refractivity (Wildman–Crippen MR) is 96.7 cm³/mol. The Labute approximate surface area is 152 Å². The molecule has 0 fully saturated rings. The van der Waals surface area contributed by atoms with Crippen LogP contribution in [-0.4, -0.2) is 13.2 Å². The maximum atomic E-state index is 11.5. The van der Waals surface area contributed by atoms with E-state index in [1.54, 1.807) is 6.07 Å². The Morgan fingerprint density at radius 2 is 1.84 bits per heavy atom. The van der Waals surface area contributed by atoms with Crippen molar-refractivity contribution < 1.29 is 18.6 Å². The number of halogens is 1. The molecular formula is C19H15BrO5. The molecule has 5 nitrogen and oxygen atoms in total. The average molecular weight is 403 g/mol. The first kappa shape index (κ1) is 16.0. The number of aryl methyl sites for hydroxylation is 1. The first-order chi connectivity index (χ1) is 12.1. The molecule has 0 amide bonds.